The quantitative estimate of drug-likeness (QED) is 0.534. The third kappa shape index (κ3) is 4.81. The van der Waals surface area contributed by atoms with Crippen LogP contribution in [0.2, 0.25) is 0 Å². The van der Waals surface area contributed by atoms with Crippen molar-refractivity contribution in [3.05, 3.63) is 47.4 Å². The fourth-order valence-electron chi connectivity index (χ4n) is 3.32. The van der Waals surface area contributed by atoms with Crippen molar-refractivity contribution in [1.82, 2.24) is 16.2 Å². The number of aliphatic hydroxyl groups excluding tert-OH is 1. The standard InChI is InChI=1S/C20H29N3O4/c1-13-4-6-18(27-13)20-16(12-22-23-20)11-21-14(2)15-5-7-17(26-9-8-24)19(10-15)25-3/h4-7,10,14,16,20-24H,8-9,11-12H2,1-3H3. The fraction of sp³-hybridized carbons (Fsp3) is 0.500. The minimum atomic E-state index is -0.0251. The third-order valence-electron chi connectivity index (χ3n) is 4.88. The summed E-state index contributed by atoms with van der Waals surface area (Å²) in [4.78, 5) is 0. The lowest BCUT2D eigenvalue weighted by molar-refractivity contribution is 0.196. The van der Waals surface area contributed by atoms with Crippen molar-refractivity contribution in [3.8, 4) is 11.5 Å². The van der Waals surface area contributed by atoms with Gasteiger partial charge in [0.25, 0.3) is 0 Å². The molecule has 4 N–H and O–H groups in total. The van der Waals surface area contributed by atoms with Crippen LogP contribution in [0.1, 0.15) is 36.1 Å². The Balaban J connectivity index is 1.60. The number of ether oxygens (including phenoxy) is 2. The number of aliphatic hydroxyl groups is 1. The van der Waals surface area contributed by atoms with E-state index in [9.17, 15) is 0 Å². The SMILES string of the molecule is COc1cc(C(C)NCC2CNNC2c2ccc(C)o2)ccc1OCCO. The zero-order valence-corrected chi connectivity index (χ0v) is 16.1. The molecule has 1 aliphatic heterocycles. The molecule has 0 spiro atoms. The highest BCUT2D eigenvalue weighted by Crippen LogP contribution is 2.31. The van der Waals surface area contributed by atoms with Crippen LogP contribution in [0.4, 0.5) is 0 Å². The van der Waals surface area contributed by atoms with Gasteiger partial charge >= 0.3 is 0 Å². The second-order valence-electron chi connectivity index (χ2n) is 6.82. The number of benzene rings is 1. The van der Waals surface area contributed by atoms with Gasteiger partial charge in [0, 0.05) is 25.0 Å². The molecule has 148 valence electrons. The van der Waals surface area contributed by atoms with Crippen LogP contribution in [0.5, 0.6) is 11.5 Å². The Morgan fingerprint density at radius 3 is 2.85 bits per heavy atom. The first kappa shape index (κ1) is 19.7. The Kier molecular flexibility index (Phi) is 6.73. The molecule has 3 atom stereocenters. The smallest absolute Gasteiger partial charge is 0.161 e. The number of aryl methyl sites for hydroxylation is 1. The molecule has 1 aliphatic rings. The van der Waals surface area contributed by atoms with E-state index in [4.69, 9.17) is 19.0 Å². The Labute approximate surface area is 160 Å². The number of methoxy groups -OCH3 is 1. The van der Waals surface area contributed by atoms with E-state index in [1.165, 1.54) is 0 Å². The van der Waals surface area contributed by atoms with Gasteiger partial charge in [0.2, 0.25) is 0 Å². The summed E-state index contributed by atoms with van der Waals surface area (Å²) >= 11 is 0. The first-order chi connectivity index (χ1) is 13.1. The largest absolute Gasteiger partial charge is 0.493 e. The summed E-state index contributed by atoms with van der Waals surface area (Å²) in [5.74, 6) is 3.58. The van der Waals surface area contributed by atoms with Gasteiger partial charge in [0.05, 0.1) is 19.8 Å². The number of hydrazine groups is 1. The van der Waals surface area contributed by atoms with E-state index in [1.54, 1.807) is 7.11 Å². The van der Waals surface area contributed by atoms with Gasteiger partial charge in [-0.05, 0) is 43.7 Å². The van der Waals surface area contributed by atoms with Gasteiger partial charge in [-0.15, -0.1) is 0 Å². The van der Waals surface area contributed by atoms with Gasteiger partial charge in [0.15, 0.2) is 11.5 Å². The van der Waals surface area contributed by atoms with Gasteiger partial charge in [-0.1, -0.05) is 6.07 Å². The second-order valence-corrected chi connectivity index (χ2v) is 6.82. The predicted molar refractivity (Wildman–Crippen MR) is 103 cm³/mol. The van der Waals surface area contributed by atoms with Crippen molar-refractivity contribution < 1.29 is 19.0 Å². The van der Waals surface area contributed by atoms with Gasteiger partial charge in [-0.25, -0.2) is 5.43 Å². The summed E-state index contributed by atoms with van der Waals surface area (Å²) in [5.41, 5.74) is 7.65. The normalized spacial score (nSPS) is 20.6. The number of nitrogens with one attached hydrogen (secondary N) is 3. The summed E-state index contributed by atoms with van der Waals surface area (Å²) in [6.45, 7) is 6.03. The van der Waals surface area contributed by atoms with Crippen molar-refractivity contribution >= 4 is 0 Å². The minimum absolute atomic E-state index is 0.0251. The molecule has 0 aliphatic carbocycles. The molecule has 7 nitrogen and oxygen atoms in total. The molecule has 0 bridgehead atoms. The Morgan fingerprint density at radius 2 is 2.15 bits per heavy atom. The van der Waals surface area contributed by atoms with Crippen molar-refractivity contribution in [2.75, 3.05) is 33.4 Å². The Morgan fingerprint density at radius 1 is 1.30 bits per heavy atom. The molecule has 2 heterocycles. The molecule has 1 aromatic carbocycles. The predicted octanol–water partition coefficient (Wildman–Crippen LogP) is 2.08. The molecule has 3 unspecified atom stereocenters. The van der Waals surface area contributed by atoms with Gasteiger partial charge < -0.3 is 24.3 Å². The molecular formula is C20H29N3O4. The van der Waals surface area contributed by atoms with E-state index >= 15 is 0 Å². The molecule has 0 amide bonds. The van der Waals surface area contributed by atoms with Crippen LogP contribution >= 0.6 is 0 Å². The maximum Gasteiger partial charge on any atom is 0.161 e. The van der Waals surface area contributed by atoms with Crippen molar-refractivity contribution in [2.24, 2.45) is 5.92 Å². The highest BCUT2D eigenvalue weighted by atomic mass is 16.5. The Hall–Kier alpha value is -2.06. The van der Waals surface area contributed by atoms with Crippen LogP contribution < -0.4 is 25.6 Å². The van der Waals surface area contributed by atoms with Crippen LogP contribution in [0.25, 0.3) is 0 Å². The fourth-order valence-corrected chi connectivity index (χ4v) is 3.32. The lowest BCUT2D eigenvalue weighted by Crippen LogP contribution is -2.30. The molecular weight excluding hydrogens is 346 g/mol. The maximum absolute atomic E-state index is 8.92. The first-order valence-electron chi connectivity index (χ1n) is 9.32. The molecule has 7 heteroatoms. The average molecular weight is 375 g/mol. The topological polar surface area (TPSA) is 87.9 Å². The third-order valence-corrected chi connectivity index (χ3v) is 4.88. The number of hydrogen-bond acceptors (Lipinski definition) is 7. The first-order valence-corrected chi connectivity index (χ1v) is 9.32. The summed E-state index contributed by atoms with van der Waals surface area (Å²) < 4.78 is 16.7. The van der Waals surface area contributed by atoms with E-state index < -0.39 is 0 Å². The van der Waals surface area contributed by atoms with E-state index in [0.717, 1.165) is 30.2 Å². The average Bonchev–Trinajstić information content (AvgIpc) is 3.32. The molecule has 3 rings (SSSR count). The highest BCUT2D eigenvalue weighted by Gasteiger charge is 2.30. The van der Waals surface area contributed by atoms with E-state index in [0.29, 0.717) is 17.4 Å². The van der Waals surface area contributed by atoms with Crippen molar-refractivity contribution in [3.63, 3.8) is 0 Å². The van der Waals surface area contributed by atoms with Gasteiger partial charge in [-0.2, -0.15) is 0 Å². The van der Waals surface area contributed by atoms with Crippen LogP contribution in [0.3, 0.4) is 0 Å². The molecule has 1 saturated heterocycles. The zero-order valence-electron chi connectivity index (χ0n) is 16.1. The molecule has 2 aromatic rings. The van der Waals surface area contributed by atoms with Crippen molar-refractivity contribution in [1.29, 1.82) is 0 Å². The van der Waals surface area contributed by atoms with E-state index in [2.05, 4.69) is 23.1 Å². The van der Waals surface area contributed by atoms with Crippen LogP contribution in [0.15, 0.2) is 34.7 Å². The number of hydrogen-bond donors (Lipinski definition) is 4. The summed E-state index contributed by atoms with van der Waals surface area (Å²) in [6, 6.07) is 10.2. The zero-order chi connectivity index (χ0) is 19.2. The van der Waals surface area contributed by atoms with Gasteiger partial charge in [-0.3, -0.25) is 5.43 Å². The highest BCUT2D eigenvalue weighted by molar-refractivity contribution is 5.43. The van der Waals surface area contributed by atoms with Crippen LogP contribution in [0, 0.1) is 12.8 Å². The summed E-state index contributed by atoms with van der Waals surface area (Å²) in [7, 11) is 1.62. The summed E-state index contributed by atoms with van der Waals surface area (Å²) in [5, 5.41) is 12.5. The summed E-state index contributed by atoms with van der Waals surface area (Å²) in [6.07, 6.45) is 0. The molecule has 0 radical (unpaired) electrons. The second kappa shape index (κ2) is 9.23. The maximum atomic E-state index is 8.92. The minimum Gasteiger partial charge on any atom is -0.493 e. The van der Waals surface area contributed by atoms with Gasteiger partial charge in [0.1, 0.15) is 18.1 Å². The monoisotopic (exact) mass is 375 g/mol. The van der Waals surface area contributed by atoms with Crippen LogP contribution in [-0.2, 0) is 0 Å². The molecule has 0 saturated carbocycles. The van der Waals surface area contributed by atoms with E-state index in [-0.39, 0.29) is 25.3 Å². The molecule has 1 aromatic heterocycles. The van der Waals surface area contributed by atoms with Crippen molar-refractivity contribution in [2.45, 2.75) is 25.9 Å². The molecule has 1 fully saturated rings. The van der Waals surface area contributed by atoms with E-state index in [1.807, 2.05) is 37.3 Å². The lowest BCUT2D eigenvalue weighted by Gasteiger charge is -2.21. The Bertz CT molecular complexity index is 734. The van der Waals surface area contributed by atoms with Crippen LogP contribution in [-0.4, -0.2) is 38.5 Å². The number of rotatable bonds is 9. The lowest BCUT2D eigenvalue weighted by atomic mass is 9.99. The number of furan rings is 1. The molecule has 27 heavy (non-hydrogen) atoms.